The van der Waals surface area contributed by atoms with Crippen LogP contribution in [0.25, 0.3) is 11.5 Å². The second-order valence-electron chi connectivity index (χ2n) is 6.89. The lowest BCUT2D eigenvalue weighted by molar-refractivity contribution is -0.116. The van der Waals surface area contributed by atoms with E-state index in [0.717, 1.165) is 0 Å². The highest BCUT2D eigenvalue weighted by Crippen LogP contribution is 2.24. The number of nitrogens with zero attached hydrogens (tertiary/aromatic N) is 4. The standard InChI is InChI=1S/C21H22FN5O3/c22-16-14-15(7-8-18(16)27-10-12-29-13-11-27)24-19(28)5-3-6-20-25-21(26-30-20)17-4-1-2-9-23-17/h1-2,4,7-9,14H,3,5-6,10-13H2,(H,24,28). The van der Waals surface area contributed by atoms with Crippen LogP contribution in [-0.2, 0) is 16.0 Å². The monoisotopic (exact) mass is 411 g/mol. The van der Waals surface area contributed by atoms with Crippen molar-refractivity contribution < 1.29 is 18.4 Å². The number of benzene rings is 1. The molecule has 0 saturated carbocycles. The van der Waals surface area contributed by atoms with Gasteiger partial charge >= 0.3 is 0 Å². The van der Waals surface area contributed by atoms with E-state index in [1.165, 1.54) is 6.07 Å². The number of morpholine rings is 1. The lowest BCUT2D eigenvalue weighted by Gasteiger charge is -2.29. The summed E-state index contributed by atoms with van der Waals surface area (Å²) in [5, 5.41) is 6.64. The van der Waals surface area contributed by atoms with Crippen molar-refractivity contribution >= 4 is 17.3 Å². The molecule has 2 aromatic heterocycles. The third-order valence-corrected chi connectivity index (χ3v) is 4.74. The van der Waals surface area contributed by atoms with Crippen molar-refractivity contribution in [3.63, 3.8) is 0 Å². The molecule has 1 aliphatic heterocycles. The molecule has 1 aliphatic rings. The Kier molecular flexibility index (Phi) is 6.29. The minimum Gasteiger partial charge on any atom is -0.378 e. The van der Waals surface area contributed by atoms with Crippen molar-refractivity contribution in [3.8, 4) is 11.5 Å². The molecular formula is C21H22FN5O3. The Morgan fingerprint density at radius 3 is 2.83 bits per heavy atom. The second kappa shape index (κ2) is 9.45. The number of amides is 1. The number of hydrogen-bond acceptors (Lipinski definition) is 7. The summed E-state index contributed by atoms with van der Waals surface area (Å²) in [4.78, 5) is 22.6. The number of hydrogen-bond donors (Lipinski definition) is 1. The van der Waals surface area contributed by atoms with Crippen LogP contribution < -0.4 is 10.2 Å². The summed E-state index contributed by atoms with van der Waals surface area (Å²) in [6.07, 6.45) is 2.92. The van der Waals surface area contributed by atoms with Crippen LogP contribution in [0.3, 0.4) is 0 Å². The first kappa shape index (κ1) is 20.0. The predicted molar refractivity (Wildman–Crippen MR) is 109 cm³/mol. The van der Waals surface area contributed by atoms with Crippen molar-refractivity contribution in [2.75, 3.05) is 36.5 Å². The van der Waals surface area contributed by atoms with E-state index in [1.807, 2.05) is 17.0 Å². The molecule has 8 nitrogen and oxygen atoms in total. The number of rotatable bonds is 7. The van der Waals surface area contributed by atoms with Crippen LogP contribution in [0.4, 0.5) is 15.8 Å². The average molecular weight is 411 g/mol. The zero-order valence-corrected chi connectivity index (χ0v) is 16.4. The van der Waals surface area contributed by atoms with Gasteiger partial charge in [0.1, 0.15) is 11.5 Å². The topological polar surface area (TPSA) is 93.4 Å². The first-order valence-corrected chi connectivity index (χ1v) is 9.85. The number of nitrogens with one attached hydrogen (secondary N) is 1. The predicted octanol–water partition coefficient (Wildman–Crippen LogP) is 3.07. The van der Waals surface area contributed by atoms with Crippen LogP contribution in [0.1, 0.15) is 18.7 Å². The van der Waals surface area contributed by atoms with Gasteiger partial charge in [-0.05, 0) is 36.8 Å². The highest BCUT2D eigenvalue weighted by atomic mass is 19.1. The molecule has 9 heteroatoms. The normalized spacial score (nSPS) is 14.0. The quantitative estimate of drug-likeness (QED) is 0.639. The lowest BCUT2D eigenvalue weighted by atomic mass is 10.2. The maximum atomic E-state index is 14.4. The van der Waals surface area contributed by atoms with Crippen molar-refractivity contribution in [3.05, 3.63) is 54.3 Å². The summed E-state index contributed by atoms with van der Waals surface area (Å²) in [5.74, 6) is 0.316. The molecule has 1 fully saturated rings. The van der Waals surface area contributed by atoms with E-state index in [9.17, 15) is 9.18 Å². The van der Waals surface area contributed by atoms with Crippen molar-refractivity contribution in [2.45, 2.75) is 19.3 Å². The number of pyridine rings is 1. The fourth-order valence-corrected chi connectivity index (χ4v) is 3.22. The molecule has 0 bridgehead atoms. The molecule has 3 heterocycles. The molecule has 1 N–H and O–H groups in total. The van der Waals surface area contributed by atoms with Gasteiger partial charge in [0.25, 0.3) is 0 Å². The van der Waals surface area contributed by atoms with Gasteiger partial charge in [0.2, 0.25) is 17.6 Å². The molecular weight excluding hydrogens is 389 g/mol. The third kappa shape index (κ3) is 4.98. The number of halogens is 1. The molecule has 1 aromatic carbocycles. The fraction of sp³-hybridized carbons (Fsp3) is 0.333. The van der Waals surface area contributed by atoms with E-state index in [0.29, 0.717) is 67.9 Å². The largest absolute Gasteiger partial charge is 0.378 e. The number of aromatic nitrogens is 3. The van der Waals surface area contributed by atoms with Crippen LogP contribution in [-0.4, -0.2) is 47.3 Å². The molecule has 156 valence electrons. The maximum Gasteiger partial charge on any atom is 0.227 e. The highest BCUT2D eigenvalue weighted by Gasteiger charge is 2.16. The van der Waals surface area contributed by atoms with Crippen LogP contribution in [0.2, 0.25) is 0 Å². The molecule has 3 aromatic rings. The maximum absolute atomic E-state index is 14.4. The first-order chi connectivity index (χ1) is 14.7. The summed E-state index contributed by atoms with van der Waals surface area (Å²) < 4.78 is 24.9. The number of carbonyl (C=O) groups is 1. The first-order valence-electron chi connectivity index (χ1n) is 9.85. The number of aryl methyl sites for hydroxylation is 1. The Hall–Kier alpha value is -3.33. The summed E-state index contributed by atoms with van der Waals surface area (Å²) in [6, 6.07) is 10.2. The third-order valence-electron chi connectivity index (χ3n) is 4.74. The van der Waals surface area contributed by atoms with Gasteiger partial charge in [-0.25, -0.2) is 4.39 Å². The second-order valence-corrected chi connectivity index (χ2v) is 6.89. The lowest BCUT2D eigenvalue weighted by Crippen LogP contribution is -2.36. The summed E-state index contributed by atoms with van der Waals surface area (Å²) in [5.41, 5.74) is 1.59. The van der Waals surface area contributed by atoms with Crippen molar-refractivity contribution in [1.29, 1.82) is 0 Å². The number of anilines is 2. The molecule has 0 radical (unpaired) electrons. The van der Waals surface area contributed by atoms with Gasteiger partial charge in [-0.2, -0.15) is 4.98 Å². The molecule has 0 atom stereocenters. The van der Waals surface area contributed by atoms with Gasteiger partial charge < -0.3 is 19.5 Å². The van der Waals surface area contributed by atoms with Crippen LogP contribution in [0.5, 0.6) is 0 Å². The Morgan fingerprint density at radius 1 is 1.20 bits per heavy atom. The molecule has 1 saturated heterocycles. The zero-order valence-electron chi connectivity index (χ0n) is 16.4. The minimum atomic E-state index is -0.359. The molecule has 30 heavy (non-hydrogen) atoms. The summed E-state index contributed by atoms with van der Waals surface area (Å²) >= 11 is 0. The summed E-state index contributed by atoms with van der Waals surface area (Å²) in [6.45, 7) is 2.48. The van der Waals surface area contributed by atoms with Gasteiger partial charge in [0, 0.05) is 37.8 Å². The molecule has 0 unspecified atom stereocenters. The van der Waals surface area contributed by atoms with Crippen LogP contribution in [0.15, 0.2) is 47.1 Å². The van der Waals surface area contributed by atoms with Crippen molar-refractivity contribution in [2.24, 2.45) is 0 Å². The van der Waals surface area contributed by atoms with Gasteiger partial charge in [0.15, 0.2) is 0 Å². The van der Waals surface area contributed by atoms with Gasteiger partial charge in [-0.3, -0.25) is 9.78 Å². The Labute approximate surface area is 173 Å². The average Bonchev–Trinajstić information content (AvgIpc) is 3.24. The van der Waals surface area contributed by atoms with Gasteiger partial charge in [-0.15, -0.1) is 0 Å². The molecule has 1 amide bonds. The summed E-state index contributed by atoms with van der Waals surface area (Å²) in [7, 11) is 0. The minimum absolute atomic E-state index is 0.196. The Morgan fingerprint density at radius 2 is 2.07 bits per heavy atom. The van der Waals surface area contributed by atoms with Gasteiger partial charge in [-0.1, -0.05) is 11.2 Å². The number of carbonyl (C=O) groups excluding carboxylic acids is 1. The Balaban J connectivity index is 1.26. The van der Waals surface area contributed by atoms with Crippen molar-refractivity contribution in [1.82, 2.24) is 15.1 Å². The molecule has 0 spiro atoms. The number of ether oxygens (including phenoxy) is 1. The molecule has 0 aliphatic carbocycles. The molecule has 4 rings (SSSR count). The van der Waals surface area contributed by atoms with Crippen LogP contribution in [0, 0.1) is 5.82 Å². The van der Waals surface area contributed by atoms with E-state index in [2.05, 4.69) is 20.4 Å². The Bertz CT molecular complexity index is 989. The SMILES string of the molecule is O=C(CCCc1nc(-c2ccccn2)no1)Nc1ccc(N2CCOCC2)c(F)c1. The van der Waals surface area contributed by atoms with E-state index >= 15 is 0 Å². The smallest absolute Gasteiger partial charge is 0.227 e. The van der Waals surface area contributed by atoms with E-state index in [4.69, 9.17) is 9.26 Å². The van der Waals surface area contributed by atoms with Gasteiger partial charge in [0.05, 0.1) is 18.9 Å². The zero-order chi connectivity index (χ0) is 20.8. The highest BCUT2D eigenvalue weighted by molar-refractivity contribution is 5.90. The fourth-order valence-electron chi connectivity index (χ4n) is 3.22. The van der Waals surface area contributed by atoms with E-state index in [1.54, 1.807) is 24.4 Å². The van der Waals surface area contributed by atoms with E-state index in [-0.39, 0.29) is 18.1 Å². The van der Waals surface area contributed by atoms with Crippen LogP contribution >= 0.6 is 0 Å². The van der Waals surface area contributed by atoms with E-state index < -0.39 is 0 Å².